The number of oxazole rings is 1. The number of aromatic nitrogens is 2. The fourth-order valence-electron chi connectivity index (χ4n) is 2.24. The topological polar surface area (TPSA) is 110 Å². The normalized spacial score (nSPS) is 11.5. The first kappa shape index (κ1) is 17.5. The summed E-state index contributed by atoms with van der Waals surface area (Å²) >= 11 is 0. The van der Waals surface area contributed by atoms with E-state index in [2.05, 4.69) is 20.0 Å². The van der Waals surface area contributed by atoms with Gasteiger partial charge < -0.3 is 29.3 Å². The largest absolute Gasteiger partial charge is 0.573 e. The van der Waals surface area contributed by atoms with E-state index >= 15 is 0 Å². The van der Waals surface area contributed by atoms with Crippen LogP contribution in [0, 0.1) is 0 Å². The van der Waals surface area contributed by atoms with Gasteiger partial charge in [-0.2, -0.15) is 0 Å². The van der Waals surface area contributed by atoms with Gasteiger partial charge in [0.15, 0.2) is 17.9 Å². The molecule has 0 atom stereocenters. The Labute approximate surface area is 143 Å². The average molecular weight is 371 g/mol. The van der Waals surface area contributed by atoms with Crippen molar-refractivity contribution < 1.29 is 37.0 Å². The van der Waals surface area contributed by atoms with Crippen LogP contribution in [-0.4, -0.2) is 27.5 Å². The molecule has 0 spiro atoms. The Hall–Kier alpha value is -3.37. The third-order valence-electron chi connectivity index (χ3n) is 3.26. The number of halogens is 3. The lowest BCUT2D eigenvalue weighted by Gasteiger charge is -2.14. The van der Waals surface area contributed by atoms with Crippen molar-refractivity contribution in [2.24, 2.45) is 0 Å². The lowest BCUT2D eigenvalue weighted by atomic mass is 10.2. The number of rotatable bonds is 6. The van der Waals surface area contributed by atoms with Crippen LogP contribution in [0.3, 0.4) is 0 Å². The fraction of sp³-hybridized carbons (Fsp3) is 0.200. The molecule has 138 valence electrons. The summed E-state index contributed by atoms with van der Waals surface area (Å²) in [5.74, 6) is -0.678. The number of nitrogens with one attached hydrogen (secondary N) is 2. The number of aromatic amines is 1. The molecule has 0 bridgehead atoms. The minimum absolute atomic E-state index is 0.0331. The van der Waals surface area contributed by atoms with E-state index in [-0.39, 0.29) is 18.9 Å². The van der Waals surface area contributed by atoms with Gasteiger partial charge in [-0.3, -0.25) is 0 Å². The summed E-state index contributed by atoms with van der Waals surface area (Å²) in [5.41, 5.74) is 1.31. The number of carbonyl (C=O) groups is 1. The summed E-state index contributed by atoms with van der Waals surface area (Å²) in [4.78, 5) is 17.3. The lowest BCUT2D eigenvalue weighted by molar-refractivity contribution is -0.275. The van der Waals surface area contributed by atoms with Crippen molar-refractivity contribution in [1.82, 2.24) is 15.3 Å². The number of hydrogen-bond acceptors (Lipinski definition) is 5. The SMILES string of the molecule is O=C(O)NCc1cc2cc(OC(F)(F)F)c(OCc3cocn3)cc2[nH]1. The first-order chi connectivity index (χ1) is 12.3. The maximum absolute atomic E-state index is 12.7. The second kappa shape index (κ2) is 6.86. The minimum atomic E-state index is -4.90. The van der Waals surface area contributed by atoms with Crippen LogP contribution in [0.5, 0.6) is 11.5 Å². The number of alkyl halides is 3. The zero-order valence-corrected chi connectivity index (χ0v) is 13.0. The van der Waals surface area contributed by atoms with Gasteiger partial charge in [0.2, 0.25) is 0 Å². The third-order valence-corrected chi connectivity index (χ3v) is 3.26. The molecule has 2 heterocycles. The maximum atomic E-state index is 12.7. The highest BCUT2D eigenvalue weighted by Gasteiger charge is 2.33. The molecule has 3 N–H and O–H groups in total. The van der Waals surface area contributed by atoms with E-state index in [1.54, 1.807) is 0 Å². The van der Waals surface area contributed by atoms with Crippen molar-refractivity contribution in [1.29, 1.82) is 0 Å². The molecule has 0 aliphatic carbocycles. The van der Waals surface area contributed by atoms with Crippen molar-refractivity contribution in [2.75, 3.05) is 0 Å². The van der Waals surface area contributed by atoms with Gasteiger partial charge in [0, 0.05) is 22.7 Å². The fourth-order valence-corrected chi connectivity index (χ4v) is 2.24. The Balaban J connectivity index is 1.90. The quantitative estimate of drug-likeness (QED) is 0.613. The van der Waals surface area contributed by atoms with Gasteiger partial charge in [-0.15, -0.1) is 13.2 Å². The molecule has 2 aromatic heterocycles. The van der Waals surface area contributed by atoms with Gasteiger partial charge in [0.05, 0.1) is 6.54 Å². The van der Waals surface area contributed by atoms with Crippen LogP contribution in [0.15, 0.2) is 35.3 Å². The number of nitrogens with zero attached hydrogens (tertiary/aromatic N) is 1. The van der Waals surface area contributed by atoms with Crippen molar-refractivity contribution >= 4 is 17.0 Å². The highest BCUT2D eigenvalue weighted by atomic mass is 19.4. The van der Waals surface area contributed by atoms with Crippen molar-refractivity contribution in [3.05, 3.63) is 42.2 Å². The van der Waals surface area contributed by atoms with E-state index in [1.165, 1.54) is 24.8 Å². The molecule has 3 rings (SSSR count). The molecule has 1 aromatic carbocycles. The maximum Gasteiger partial charge on any atom is 0.573 e. The Kier molecular flexibility index (Phi) is 4.61. The summed E-state index contributed by atoms with van der Waals surface area (Å²) in [7, 11) is 0. The number of ether oxygens (including phenoxy) is 2. The highest BCUT2D eigenvalue weighted by molar-refractivity contribution is 5.84. The van der Waals surface area contributed by atoms with Crippen LogP contribution in [0.1, 0.15) is 11.4 Å². The van der Waals surface area contributed by atoms with Gasteiger partial charge in [-0.25, -0.2) is 9.78 Å². The van der Waals surface area contributed by atoms with Crippen LogP contribution >= 0.6 is 0 Å². The van der Waals surface area contributed by atoms with Gasteiger partial charge in [-0.1, -0.05) is 0 Å². The predicted octanol–water partition coefficient (Wildman–Crippen LogP) is 3.40. The summed E-state index contributed by atoms with van der Waals surface area (Å²) < 4.78 is 52.1. The van der Waals surface area contributed by atoms with Crippen molar-refractivity contribution in [2.45, 2.75) is 19.5 Å². The van der Waals surface area contributed by atoms with Crippen LogP contribution in [0.2, 0.25) is 0 Å². The number of H-pyrrole nitrogens is 1. The standard InChI is InChI=1S/C15H12F3N3O5/c16-15(17,18)26-13-2-8-1-9(4-19-14(22)23)21-11(8)3-12(13)25-6-10-5-24-7-20-10/h1-3,5,7,19,21H,4,6H2,(H,22,23). The van der Waals surface area contributed by atoms with Crippen LogP contribution in [0.4, 0.5) is 18.0 Å². The molecule has 0 saturated carbocycles. The molecule has 1 amide bonds. The molecular formula is C15H12F3N3O5. The molecule has 8 nitrogen and oxygen atoms in total. The second-order valence-electron chi connectivity index (χ2n) is 5.16. The zero-order chi connectivity index (χ0) is 18.7. The molecule has 0 aliphatic heterocycles. The Bertz CT molecular complexity index is 905. The Morgan fingerprint density at radius 3 is 2.77 bits per heavy atom. The number of fused-ring (bicyclic) bond motifs is 1. The Morgan fingerprint density at radius 1 is 1.31 bits per heavy atom. The van der Waals surface area contributed by atoms with Gasteiger partial charge in [0.25, 0.3) is 0 Å². The van der Waals surface area contributed by atoms with Crippen molar-refractivity contribution in [3.63, 3.8) is 0 Å². The second-order valence-corrected chi connectivity index (χ2v) is 5.16. The van der Waals surface area contributed by atoms with E-state index in [0.717, 1.165) is 6.07 Å². The zero-order valence-electron chi connectivity index (χ0n) is 13.0. The predicted molar refractivity (Wildman–Crippen MR) is 80.7 cm³/mol. The van der Waals surface area contributed by atoms with E-state index < -0.39 is 18.2 Å². The van der Waals surface area contributed by atoms with Gasteiger partial charge in [0.1, 0.15) is 18.6 Å². The van der Waals surface area contributed by atoms with Gasteiger partial charge >= 0.3 is 12.5 Å². The molecule has 0 fully saturated rings. The highest BCUT2D eigenvalue weighted by Crippen LogP contribution is 2.36. The van der Waals surface area contributed by atoms with Crippen LogP contribution in [0.25, 0.3) is 10.9 Å². The average Bonchev–Trinajstić information content (AvgIpc) is 3.18. The first-order valence-corrected chi connectivity index (χ1v) is 7.18. The number of benzene rings is 1. The molecular weight excluding hydrogens is 359 g/mol. The Morgan fingerprint density at radius 2 is 2.12 bits per heavy atom. The smallest absolute Gasteiger partial charge is 0.483 e. The van der Waals surface area contributed by atoms with Crippen LogP contribution < -0.4 is 14.8 Å². The molecule has 0 saturated heterocycles. The van der Waals surface area contributed by atoms with E-state index in [1.807, 2.05) is 0 Å². The van der Waals surface area contributed by atoms with E-state index in [0.29, 0.717) is 22.3 Å². The molecule has 26 heavy (non-hydrogen) atoms. The molecule has 11 heteroatoms. The summed E-state index contributed by atoms with van der Waals surface area (Å²) in [6.45, 7) is -0.154. The number of carboxylic acid groups (broad SMARTS) is 1. The third kappa shape index (κ3) is 4.37. The minimum Gasteiger partial charge on any atom is -0.483 e. The first-order valence-electron chi connectivity index (χ1n) is 7.18. The number of amides is 1. The van der Waals surface area contributed by atoms with Gasteiger partial charge in [-0.05, 0) is 12.1 Å². The monoisotopic (exact) mass is 371 g/mol. The molecule has 0 unspecified atom stereocenters. The molecule has 0 aliphatic rings. The summed E-state index contributed by atoms with van der Waals surface area (Å²) in [6, 6.07) is 4.00. The van der Waals surface area contributed by atoms with E-state index in [9.17, 15) is 18.0 Å². The number of hydrogen-bond donors (Lipinski definition) is 3. The molecule has 0 radical (unpaired) electrons. The van der Waals surface area contributed by atoms with E-state index in [4.69, 9.17) is 14.3 Å². The van der Waals surface area contributed by atoms with Crippen LogP contribution in [-0.2, 0) is 13.2 Å². The summed E-state index contributed by atoms with van der Waals surface area (Å²) in [5, 5.41) is 11.2. The van der Waals surface area contributed by atoms with Crippen molar-refractivity contribution in [3.8, 4) is 11.5 Å². The lowest BCUT2D eigenvalue weighted by Crippen LogP contribution is -2.19. The summed E-state index contributed by atoms with van der Waals surface area (Å²) in [6.07, 6.45) is -3.65. The molecule has 3 aromatic rings.